The van der Waals surface area contributed by atoms with Crippen LogP contribution >= 0.6 is 0 Å². The van der Waals surface area contributed by atoms with E-state index < -0.39 is 0 Å². The zero-order valence-corrected chi connectivity index (χ0v) is 15.6. The van der Waals surface area contributed by atoms with E-state index in [1.54, 1.807) is 6.07 Å². The first-order valence-corrected chi connectivity index (χ1v) is 9.45. The first-order chi connectivity index (χ1) is 13.7. The normalized spacial score (nSPS) is 20.0. The first kappa shape index (κ1) is 17.4. The summed E-state index contributed by atoms with van der Waals surface area (Å²) in [6.07, 6.45) is 0. The number of aromatic amines is 1. The van der Waals surface area contributed by atoms with Crippen molar-refractivity contribution in [3.63, 3.8) is 0 Å². The van der Waals surface area contributed by atoms with Gasteiger partial charge in [0.1, 0.15) is 23.0 Å². The minimum absolute atomic E-state index is 0.111. The Balaban J connectivity index is 1.29. The van der Waals surface area contributed by atoms with Crippen LogP contribution in [0.5, 0.6) is 0 Å². The second-order valence-corrected chi connectivity index (χ2v) is 7.49. The van der Waals surface area contributed by atoms with Crippen LogP contribution in [0, 0.1) is 11.7 Å². The van der Waals surface area contributed by atoms with Crippen LogP contribution in [0.2, 0.25) is 0 Å². The highest BCUT2D eigenvalue weighted by molar-refractivity contribution is 5.77. The summed E-state index contributed by atoms with van der Waals surface area (Å²) in [6.45, 7) is 2.39. The fourth-order valence-corrected chi connectivity index (χ4v) is 3.99. The predicted molar refractivity (Wildman–Crippen MR) is 106 cm³/mol. The Kier molecular flexibility index (Phi) is 4.35. The molecule has 0 radical (unpaired) electrons. The molecule has 1 aliphatic heterocycles. The summed E-state index contributed by atoms with van der Waals surface area (Å²) in [4.78, 5) is 10.00. The smallest absolute Gasteiger partial charge is 0.134 e. The van der Waals surface area contributed by atoms with Gasteiger partial charge in [0.15, 0.2) is 0 Å². The van der Waals surface area contributed by atoms with Crippen LogP contribution in [0.4, 0.5) is 4.39 Å². The van der Waals surface area contributed by atoms with Crippen LogP contribution in [0.1, 0.15) is 17.6 Å². The van der Waals surface area contributed by atoms with Crippen molar-refractivity contribution in [2.24, 2.45) is 5.92 Å². The molecule has 6 nitrogen and oxygen atoms in total. The Morgan fingerprint density at radius 3 is 3.00 bits per heavy atom. The van der Waals surface area contributed by atoms with Crippen molar-refractivity contribution in [1.82, 2.24) is 25.7 Å². The van der Waals surface area contributed by atoms with E-state index >= 15 is 0 Å². The van der Waals surface area contributed by atoms with Crippen molar-refractivity contribution in [3.8, 4) is 0 Å². The lowest BCUT2D eigenvalue weighted by Crippen LogP contribution is -2.30. The lowest BCUT2D eigenvalue weighted by atomic mass is 9.99. The Labute approximate surface area is 161 Å². The summed E-state index contributed by atoms with van der Waals surface area (Å²) >= 11 is 0. The van der Waals surface area contributed by atoms with Gasteiger partial charge in [0.05, 0.1) is 23.6 Å². The molecule has 28 heavy (non-hydrogen) atoms. The largest absolute Gasteiger partial charge is 0.459 e. The Bertz CT molecular complexity index is 1090. The molecule has 0 spiro atoms. The summed E-state index contributed by atoms with van der Waals surface area (Å²) in [6, 6.07) is 14.9. The number of nitrogens with zero attached hydrogens (tertiary/aromatic N) is 2. The number of para-hydroxylation sites is 1. The molecule has 0 bridgehead atoms. The zero-order chi connectivity index (χ0) is 19.1. The summed E-state index contributed by atoms with van der Waals surface area (Å²) in [7, 11) is 2.07. The third-order valence-corrected chi connectivity index (χ3v) is 5.30. The molecule has 0 aliphatic carbocycles. The average molecular weight is 379 g/mol. The minimum Gasteiger partial charge on any atom is -0.459 e. The molecule has 7 heteroatoms. The van der Waals surface area contributed by atoms with Gasteiger partial charge in [-0.15, -0.1) is 0 Å². The van der Waals surface area contributed by atoms with Crippen molar-refractivity contribution in [2.75, 3.05) is 20.1 Å². The van der Waals surface area contributed by atoms with E-state index in [4.69, 9.17) is 4.42 Å². The maximum Gasteiger partial charge on any atom is 0.134 e. The van der Waals surface area contributed by atoms with Crippen LogP contribution < -0.4 is 10.9 Å². The molecule has 4 aromatic rings. The molecule has 1 saturated heterocycles. The fourth-order valence-electron chi connectivity index (χ4n) is 3.99. The quantitative estimate of drug-likeness (QED) is 0.496. The average Bonchev–Trinajstić information content (AvgIpc) is 3.38. The third-order valence-electron chi connectivity index (χ3n) is 5.30. The van der Waals surface area contributed by atoms with Gasteiger partial charge in [-0.1, -0.05) is 18.2 Å². The van der Waals surface area contributed by atoms with E-state index in [1.165, 1.54) is 12.1 Å². The van der Waals surface area contributed by atoms with Gasteiger partial charge in [-0.05, 0) is 37.4 Å². The minimum atomic E-state index is -0.257. The maximum atomic E-state index is 13.4. The standard InChI is InChI=1S/C21H22FN5O/c1-27(12-20-24-16-7-6-15(22)9-17(16)25-20)11-14-10-23-26-21(14)19-8-13-4-2-3-5-18(13)28-19/h2-9,14,21,23,26H,10-12H2,1H3,(H,24,25). The first-order valence-electron chi connectivity index (χ1n) is 9.45. The molecule has 2 aromatic carbocycles. The highest BCUT2D eigenvalue weighted by Crippen LogP contribution is 2.30. The van der Waals surface area contributed by atoms with Gasteiger partial charge in [0.25, 0.3) is 0 Å². The Morgan fingerprint density at radius 1 is 1.21 bits per heavy atom. The SMILES string of the molecule is CN(Cc1nc2ccc(F)cc2[nH]1)CC1CNNC1c1cc2ccccc2o1. The number of furan rings is 1. The molecule has 0 amide bonds. The summed E-state index contributed by atoms with van der Waals surface area (Å²) in [5.74, 6) is 1.88. The molecule has 3 heterocycles. The van der Waals surface area contributed by atoms with Gasteiger partial charge in [0.2, 0.25) is 0 Å². The lowest BCUT2D eigenvalue weighted by molar-refractivity contribution is 0.248. The topological polar surface area (TPSA) is 69.1 Å². The second-order valence-electron chi connectivity index (χ2n) is 7.49. The molecule has 2 unspecified atom stereocenters. The molecular weight excluding hydrogens is 357 g/mol. The van der Waals surface area contributed by atoms with Gasteiger partial charge in [-0.2, -0.15) is 0 Å². The van der Waals surface area contributed by atoms with Gasteiger partial charge in [0, 0.05) is 24.4 Å². The van der Waals surface area contributed by atoms with Gasteiger partial charge in [-0.25, -0.2) is 14.8 Å². The molecule has 1 fully saturated rings. The van der Waals surface area contributed by atoms with Gasteiger partial charge >= 0.3 is 0 Å². The molecular formula is C21H22FN5O. The van der Waals surface area contributed by atoms with E-state index in [1.807, 2.05) is 18.2 Å². The lowest BCUT2D eigenvalue weighted by Gasteiger charge is -2.22. The molecule has 1 aliphatic rings. The number of aromatic nitrogens is 2. The van der Waals surface area contributed by atoms with Gasteiger partial charge < -0.3 is 9.40 Å². The van der Waals surface area contributed by atoms with Crippen molar-refractivity contribution < 1.29 is 8.81 Å². The number of imidazole rings is 1. The molecule has 5 rings (SSSR count). The van der Waals surface area contributed by atoms with Crippen LogP contribution in [-0.4, -0.2) is 35.0 Å². The van der Waals surface area contributed by atoms with E-state index in [9.17, 15) is 4.39 Å². The van der Waals surface area contributed by atoms with Crippen LogP contribution in [0.3, 0.4) is 0 Å². The van der Waals surface area contributed by atoms with Crippen LogP contribution in [0.15, 0.2) is 52.9 Å². The molecule has 2 atom stereocenters. The number of halogens is 1. The van der Waals surface area contributed by atoms with Crippen molar-refractivity contribution in [2.45, 2.75) is 12.6 Å². The third kappa shape index (κ3) is 3.28. The summed E-state index contributed by atoms with van der Waals surface area (Å²) in [5, 5.41) is 1.12. The number of hydrazine groups is 1. The highest BCUT2D eigenvalue weighted by Gasteiger charge is 2.31. The predicted octanol–water partition coefficient (Wildman–Crippen LogP) is 3.35. The number of benzene rings is 2. The van der Waals surface area contributed by atoms with E-state index in [2.05, 4.69) is 44.9 Å². The number of rotatable bonds is 5. The molecule has 3 N–H and O–H groups in total. The fraction of sp³-hybridized carbons (Fsp3) is 0.286. The number of H-pyrrole nitrogens is 1. The molecule has 2 aromatic heterocycles. The van der Waals surface area contributed by atoms with Crippen LogP contribution in [0.25, 0.3) is 22.0 Å². The highest BCUT2D eigenvalue weighted by atomic mass is 19.1. The summed E-state index contributed by atoms with van der Waals surface area (Å²) in [5.41, 5.74) is 9.03. The Morgan fingerprint density at radius 2 is 2.11 bits per heavy atom. The van der Waals surface area contributed by atoms with Crippen molar-refractivity contribution >= 4 is 22.0 Å². The van der Waals surface area contributed by atoms with E-state index in [0.29, 0.717) is 12.5 Å². The van der Waals surface area contributed by atoms with Gasteiger partial charge in [-0.3, -0.25) is 10.3 Å². The number of hydrogen-bond donors (Lipinski definition) is 3. The summed E-state index contributed by atoms with van der Waals surface area (Å²) < 4.78 is 19.4. The molecule has 0 saturated carbocycles. The van der Waals surface area contributed by atoms with Crippen LogP contribution in [-0.2, 0) is 6.54 Å². The van der Waals surface area contributed by atoms with E-state index in [0.717, 1.165) is 46.7 Å². The number of fused-ring (bicyclic) bond motifs is 2. The second kappa shape index (κ2) is 7.01. The number of nitrogens with one attached hydrogen (secondary N) is 3. The van der Waals surface area contributed by atoms with E-state index in [-0.39, 0.29) is 11.9 Å². The maximum absolute atomic E-state index is 13.4. The number of hydrogen-bond acceptors (Lipinski definition) is 5. The Hall–Kier alpha value is -2.74. The van der Waals surface area contributed by atoms with Crippen molar-refractivity contribution in [1.29, 1.82) is 0 Å². The van der Waals surface area contributed by atoms with Crippen molar-refractivity contribution in [3.05, 3.63) is 65.9 Å². The molecule has 144 valence electrons. The monoisotopic (exact) mass is 379 g/mol. The zero-order valence-electron chi connectivity index (χ0n) is 15.6.